The largest absolute Gasteiger partial charge is 0.325 e. The Morgan fingerprint density at radius 3 is 2.69 bits per heavy atom. The van der Waals surface area contributed by atoms with Gasteiger partial charge in [0.15, 0.2) is 0 Å². The molecular weight excluding hydrogens is 384 g/mol. The number of imide groups is 1. The molecule has 3 heterocycles. The Balaban J connectivity index is 1.31. The van der Waals surface area contributed by atoms with E-state index < -0.39 is 6.04 Å². The summed E-state index contributed by atoms with van der Waals surface area (Å²) in [6.07, 6.45) is 2.55. The second kappa shape index (κ2) is 7.57. The number of hydrogen-bond acceptors (Lipinski definition) is 5. The molecule has 1 N–H and O–H groups in total. The van der Waals surface area contributed by atoms with E-state index in [1.807, 2.05) is 48.5 Å². The minimum Gasteiger partial charge on any atom is -0.325 e. The zero-order valence-corrected chi connectivity index (χ0v) is 16.8. The van der Waals surface area contributed by atoms with Crippen LogP contribution in [-0.4, -0.2) is 46.0 Å². The monoisotopic (exact) mass is 406 g/mol. The van der Waals surface area contributed by atoms with Crippen molar-refractivity contribution < 1.29 is 9.59 Å². The second-order valence-electron chi connectivity index (χ2n) is 7.59. The van der Waals surface area contributed by atoms with Gasteiger partial charge in [-0.3, -0.25) is 9.69 Å². The maximum Gasteiger partial charge on any atom is 0.325 e. The molecule has 0 saturated carbocycles. The number of amides is 3. The summed E-state index contributed by atoms with van der Waals surface area (Å²) >= 11 is 1.70. The molecule has 29 heavy (non-hydrogen) atoms. The van der Waals surface area contributed by atoms with E-state index in [1.165, 1.54) is 9.60 Å². The number of rotatable bonds is 5. The molecule has 2 fully saturated rings. The van der Waals surface area contributed by atoms with Gasteiger partial charge in [0.2, 0.25) is 0 Å². The Bertz CT molecular complexity index is 1020. The number of benzene rings is 2. The van der Waals surface area contributed by atoms with Crippen molar-refractivity contribution in [2.45, 2.75) is 31.3 Å². The molecule has 2 aliphatic rings. The first kappa shape index (κ1) is 18.3. The van der Waals surface area contributed by atoms with E-state index >= 15 is 0 Å². The molecule has 3 aromatic rings. The van der Waals surface area contributed by atoms with Crippen LogP contribution in [0.5, 0.6) is 0 Å². The van der Waals surface area contributed by atoms with Crippen LogP contribution in [-0.2, 0) is 11.2 Å². The molecule has 2 saturated heterocycles. The highest BCUT2D eigenvalue weighted by Crippen LogP contribution is 2.36. The van der Waals surface area contributed by atoms with Crippen molar-refractivity contribution in [3.05, 3.63) is 65.2 Å². The Hall–Kier alpha value is -2.77. The molecule has 0 radical (unpaired) electrons. The molecule has 2 aromatic carbocycles. The number of carbonyl (C=O) groups is 2. The zero-order chi connectivity index (χ0) is 19.8. The Kier molecular flexibility index (Phi) is 4.77. The van der Waals surface area contributed by atoms with E-state index in [-0.39, 0.29) is 18.0 Å². The van der Waals surface area contributed by atoms with Crippen LogP contribution in [0.15, 0.2) is 54.6 Å². The molecule has 0 unspecified atom stereocenters. The first-order valence-electron chi connectivity index (χ1n) is 9.94. The fourth-order valence-electron chi connectivity index (χ4n) is 4.19. The number of para-hydroxylation sites is 1. The van der Waals surface area contributed by atoms with Crippen molar-refractivity contribution in [1.29, 1.82) is 0 Å². The minimum atomic E-state index is -0.492. The standard InChI is InChI=1S/C22H22N4O2S/c27-21-17(13-15-7-2-1-3-8-15)24-22(28)26(21)14-25-12-6-10-18(25)20-23-16-9-4-5-11-19(16)29-20/h1-5,7-9,11,17-18H,6,10,12-14H2,(H,24,28)/t17-,18+/m0/s1. The van der Waals surface area contributed by atoms with Gasteiger partial charge >= 0.3 is 6.03 Å². The third kappa shape index (κ3) is 3.52. The van der Waals surface area contributed by atoms with Crippen LogP contribution in [0, 0.1) is 0 Å². The smallest absolute Gasteiger partial charge is 0.325 e. The summed E-state index contributed by atoms with van der Waals surface area (Å²) in [5, 5.41) is 3.92. The maximum absolute atomic E-state index is 12.9. The van der Waals surface area contributed by atoms with Crippen molar-refractivity contribution >= 4 is 33.5 Å². The highest BCUT2D eigenvalue weighted by atomic mass is 32.1. The van der Waals surface area contributed by atoms with E-state index in [4.69, 9.17) is 4.98 Å². The van der Waals surface area contributed by atoms with Crippen LogP contribution in [0.2, 0.25) is 0 Å². The van der Waals surface area contributed by atoms with Crippen molar-refractivity contribution in [3.63, 3.8) is 0 Å². The third-order valence-electron chi connectivity index (χ3n) is 5.67. The lowest BCUT2D eigenvalue weighted by Crippen LogP contribution is -2.41. The van der Waals surface area contributed by atoms with Gasteiger partial charge in [0.1, 0.15) is 11.0 Å². The molecule has 1 aromatic heterocycles. The van der Waals surface area contributed by atoms with Gasteiger partial charge in [-0.05, 0) is 30.5 Å². The number of carbonyl (C=O) groups excluding carboxylic acids is 2. The number of likely N-dealkylation sites (tertiary alicyclic amines) is 1. The number of urea groups is 1. The number of fused-ring (bicyclic) bond motifs is 1. The first-order valence-corrected chi connectivity index (χ1v) is 10.8. The highest BCUT2D eigenvalue weighted by Gasteiger charge is 2.40. The Morgan fingerprint density at radius 1 is 1.07 bits per heavy atom. The van der Waals surface area contributed by atoms with Crippen molar-refractivity contribution in [1.82, 2.24) is 20.1 Å². The molecule has 0 spiro atoms. The summed E-state index contributed by atoms with van der Waals surface area (Å²) in [5.41, 5.74) is 2.05. The first-order chi connectivity index (χ1) is 14.2. The number of nitrogens with zero attached hydrogens (tertiary/aromatic N) is 3. The van der Waals surface area contributed by atoms with Crippen LogP contribution >= 0.6 is 11.3 Å². The average Bonchev–Trinajstić information content (AvgIpc) is 3.43. The lowest BCUT2D eigenvalue weighted by Gasteiger charge is -2.26. The van der Waals surface area contributed by atoms with E-state index in [9.17, 15) is 9.59 Å². The van der Waals surface area contributed by atoms with Crippen LogP contribution in [0.25, 0.3) is 10.2 Å². The van der Waals surface area contributed by atoms with Gasteiger partial charge in [-0.1, -0.05) is 42.5 Å². The number of aromatic nitrogens is 1. The third-order valence-corrected chi connectivity index (χ3v) is 6.81. The normalized spacial score (nSPS) is 22.6. The summed E-state index contributed by atoms with van der Waals surface area (Å²) in [5.74, 6) is -0.145. The molecule has 148 valence electrons. The van der Waals surface area contributed by atoms with Gasteiger partial charge in [-0.15, -0.1) is 11.3 Å². The molecule has 6 nitrogen and oxygen atoms in total. The van der Waals surface area contributed by atoms with Gasteiger partial charge < -0.3 is 5.32 Å². The molecular formula is C22H22N4O2S. The van der Waals surface area contributed by atoms with Gasteiger partial charge in [0.25, 0.3) is 5.91 Å². The van der Waals surface area contributed by atoms with Crippen LogP contribution < -0.4 is 5.32 Å². The summed E-state index contributed by atoms with van der Waals surface area (Å²) in [7, 11) is 0. The van der Waals surface area contributed by atoms with E-state index in [1.54, 1.807) is 11.3 Å². The fourth-order valence-corrected chi connectivity index (χ4v) is 5.33. The average molecular weight is 407 g/mol. The topological polar surface area (TPSA) is 65.5 Å². The van der Waals surface area contributed by atoms with Crippen LogP contribution in [0.1, 0.15) is 29.5 Å². The predicted octanol–water partition coefficient (Wildman–Crippen LogP) is 3.55. The lowest BCUT2D eigenvalue weighted by atomic mass is 10.1. The van der Waals surface area contributed by atoms with Gasteiger partial charge in [-0.2, -0.15) is 0 Å². The Morgan fingerprint density at radius 2 is 1.86 bits per heavy atom. The molecule has 2 aliphatic heterocycles. The molecule has 0 aliphatic carbocycles. The quantitative estimate of drug-likeness (QED) is 0.658. The van der Waals surface area contributed by atoms with Gasteiger partial charge in [-0.25, -0.2) is 14.7 Å². The summed E-state index contributed by atoms with van der Waals surface area (Å²) < 4.78 is 1.17. The summed E-state index contributed by atoms with van der Waals surface area (Å²) in [6.45, 7) is 1.18. The number of nitrogens with one attached hydrogen (secondary N) is 1. The molecule has 2 atom stereocenters. The minimum absolute atomic E-state index is 0.145. The van der Waals surface area contributed by atoms with E-state index in [2.05, 4.69) is 16.3 Å². The predicted molar refractivity (Wildman–Crippen MR) is 112 cm³/mol. The van der Waals surface area contributed by atoms with E-state index in [0.29, 0.717) is 13.1 Å². The molecule has 5 rings (SSSR count). The number of thiazole rings is 1. The fraction of sp³-hybridized carbons (Fsp3) is 0.318. The van der Waals surface area contributed by atoms with Crippen molar-refractivity contribution in [3.8, 4) is 0 Å². The second-order valence-corrected chi connectivity index (χ2v) is 8.65. The highest BCUT2D eigenvalue weighted by molar-refractivity contribution is 7.18. The van der Waals surface area contributed by atoms with Crippen LogP contribution in [0.3, 0.4) is 0 Å². The van der Waals surface area contributed by atoms with Crippen LogP contribution in [0.4, 0.5) is 4.79 Å². The van der Waals surface area contributed by atoms with Gasteiger partial charge in [0, 0.05) is 13.0 Å². The summed E-state index contributed by atoms with van der Waals surface area (Å²) in [6, 6.07) is 17.3. The lowest BCUT2D eigenvalue weighted by molar-refractivity contribution is -0.129. The van der Waals surface area contributed by atoms with Crippen molar-refractivity contribution in [2.75, 3.05) is 13.2 Å². The van der Waals surface area contributed by atoms with E-state index in [0.717, 1.165) is 35.5 Å². The molecule has 0 bridgehead atoms. The number of hydrogen-bond donors (Lipinski definition) is 1. The summed E-state index contributed by atoms with van der Waals surface area (Å²) in [4.78, 5) is 33.8. The maximum atomic E-state index is 12.9. The van der Waals surface area contributed by atoms with Gasteiger partial charge in [0.05, 0.1) is 22.9 Å². The SMILES string of the molecule is O=C1N[C@@H](Cc2ccccc2)C(=O)N1CN1CCC[C@@H]1c1nc2ccccc2s1. The van der Waals surface area contributed by atoms with Crippen molar-refractivity contribution in [2.24, 2.45) is 0 Å². The molecule has 3 amide bonds. The molecule has 7 heteroatoms. The Labute approximate surface area is 173 Å². The zero-order valence-electron chi connectivity index (χ0n) is 16.0.